The molecule has 0 saturated carbocycles. The summed E-state index contributed by atoms with van der Waals surface area (Å²) in [6.07, 6.45) is 0. The van der Waals surface area contributed by atoms with Crippen molar-refractivity contribution >= 4 is 17.5 Å². The van der Waals surface area contributed by atoms with Crippen LogP contribution in [0.5, 0.6) is 11.5 Å². The Morgan fingerprint density at radius 1 is 1.00 bits per heavy atom. The normalized spacial score (nSPS) is 15.6. The van der Waals surface area contributed by atoms with Crippen LogP contribution in [-0.4, -0.2) is 24.9 Å². The van der Waals surface area contributed by atoms with Crippen molar-refractivity contribution in [3.8, 4) is 11.5 Å². The third-order valence-corrected chi connectivity index (χ3v) is 5.34. The van der Waals surface area contributed by atoms with Gasteiger partial charge in [-0.1, -0.05) is 11.6 Å². The first-order valence-electron chi connectivity index (χ1n) is 10.5. The zero-order valence-electron chi connectivity index (χ0n) is 18.2. The fourth-order valence-electron chi connectivity index (χ4n) is 3.65. The van der Waals surface area contributed by atoms with Crippen LogP contribution in [0.4, 0.5) is 14.5 Å². The van der Waals surface area contributed by atoms with Crippen molar-refractivity contribution in [2.24, 2.45) is 0 Å². The molecule has 1 unspecified atom stereocenters. The number of anilines is 1. The fraction of sp³-hybridized carbons (Fsp3) is 0.200. The highest BCUT2D eigenvalue weighted by atomic mass is 19.1. The Hall–Kier alpha value is -3.78. The lowest BCUT2D eigenvalue weighted by atomic mass is 10.0. The Labute approximate surface area is 190 Å². The highest BCUT2D eigenvalue weighted by molar-refractivity contribution is 6.06. The summed E-state index contributed by atoms with van der Waals surface area (Å²) in [5.41, 5.74) is 2.17. The zero-order valence-corrected chi connectivity index (χ0v) is 18.2. The minimum Gasteiger partial charge on any atom is -0.456 e. The van der Waals surface area contributed by atoms with E-state index in [9.17, 15) is 18.4 Å². The van der Waals surface area contributed by atoms with Crippen LogP contribution in [-0.2, 0) is 4.79 Å². The van der Waals surface area contributed by atoms with Gasteiger partial charge >= 0.3 is 0 Å². The number of amides is 2. The Morgan fingerprint density at radius 3 is 2.55 bits per heavy atom. The van der Waals surface area contributed by atoms with E-state index in [1.165, 1.54) is 36.4 Å². The van der Waals surface area contributed by atoms with Gasteiger partial charge in [-0.3, -0.25) is 9.59 Å². The summed E-state index contributed by atoms with van der Waals surface area (Å²) in [5.74, 6) is -1.00. The molecule has 0 aliphatic carbocycles. The van der Waals surface area contributed by atoms with E-state index in [4.69, 9.17) is 4.74 Å². The van der Waals surface area contributed by atoms with Crippen LogP contribution in [0.25, 0.3) is 0 Å². The Morgan fingerprint density at radius 2 is 1.79 bits per heavy atom. The summed E-state index contributed by atoms with van der Waals surface area (Å²) in [4.78, 5) is 25.3. The van der Waals surface area contributed by atoms with Gasteiger partial charge in [-0.15, -0.1) is 0 Å². The first-order valence-corrected chi connectivity index (χ1v) is 10.5. The maximum absolute atomic E-state index is 14.4. The average molecular weight is 451 g/mol. The van der Waals surface area contributed by atoms with Crippen LogP contribution >= 0.6 is 0 Å². The number of ether oxygens (including phenoxy) is 1. The number of aryl methyl sites for hydroxylation is 2. The molecule has 0 radical (unpaired) electrons. The predicted molar refractivity (Wildman–Crippen MR) is 120 cm³/mol. The number of nitrogens with one attached hydrogen (secondary N) is 3. The molecule has 0 bridgehead atoms. The summed E-state index contributed by atoms with van der Waals surface area (Å²) in [7, 11) is 0. The van der Waals surface area contributed by atoms with Crippen LogP contribution in [0.1, 0.15) is 33.1 Å². The highest BCUT2D eigenvalue weighted by Crippen LogP contribution is 2.30. The molecule has 1 atom stereocenters. The molecular weight excluding hydrogens is 428 g/mol. The number of halogens is 2. The topological polar surface area (TPSA) is 79.5 Å². The molecular formula is C25H23F2N3O3. The Balaban J connectivity index is 1.60. The molecule has 3 N–H and O–H groups in total. The van der Waals surface area contributed by atoms with Gasteiger partial charge in [0, 0.05) is 24.3 Å². The van der Waals surface area contributed by atoms with Gasteiger partial charge in [0.25, 0.3) is 5.91 Å². The molecule has 170 valence electrons. The monoisotopic (exact) mass is 451 g/mol. The van der Waals surface area contributed by atoms with Crippen molar-refractivity contribution in [3.05, 3.63) is 88.5 Å². The number of rotatable bonds is 5. The molecule has 2 amide bonds. The molecule has 1 aliphatic rings. The van der Waals surface area contributed by atoms with E-state index in [0.29, 0.717) is 35.8 Å². The van der Waals surface area contributed by atoms with Crippen LogP contribution < -0.4 is 20.7 Å². The summed E-state index contributed by atoms with van der Waals surface area (Å²) in [5, 5.41) is 8.42. The molecule has 0 spiro atoms. The number of hydrogen-bond donors (Lipinski definition) is 3. The van der Waals surface area contributed by atoms with Crippen LogP contribution in [0.15, 0.2) is 54.6 Å². The van der Waals surface area contributed by atoms with Gasteiger partial charge in [-0.25, -0.2) is 8.78 Å². The van der Waals surface area contributed by atoms with Gasteiger partial charge in [-0.2, -0.15) is 0 Å². The van der Waals surface area contributed by atoms with E-state index in [0.717, 1.165) is 5.56 Å². The molecule has 3 aromatic rings. The summed E-state index contributed by atoms with van der Waals surface area (Å²) in [6.45, 7) is 4.53. The zero-order chi connectivity index (χ0) is 23.5. The first kappa shape index (κ1) is 22.4. The van der Waals surface area contributed by atoms with Gasteiger partial charge in [0.1, 0.15) is 29.2 Å². The fourth-order valence-corrected chi connectivity index (χ4v) is 3.65. The van der Waals surface area contributed by atoms with Gasteiger partial charge in [-0.05, 0) is 67.9 Å². The lowest BCUT2D eigenvalue weighted by Crippen LogP contribution is -2.47. The van der Waals surface area contributed by atoms with E-state index in [-0.39, 0.29) is 22.9 Å². The van der Waals surface area contributed by atoms with Gasteiger partial charge in [0.15, 0.2) is 0 Å². The van der Waals surface area contributed by atoms with Crippen molar-refractivity contribution in [1.82, 2.24) is 10.6 Å². The maximum Gasteiger partial charge on any atom is 0.259 e. The lowest BCUT2D eigenvalue weighted by molar-refractivity contribution is -0.124. The first-order chi connectivity index (χ1) is 15.8. The van der Waals surface area contributed by atoms with E-state index in [2.05, 4.69) is 16.0 Å². The molecule has 4 rings (SSSR count). The van der Waals surface area contributed by atoms with Crippen molar-refractivity contribution in [3.63, 3.8) is 0 Å². The van der Waals surface area contributed by atoms with E-state index >= 15 is 0 Å². The van der Waals surface area contributed by atoms with Crippen molar-refractivity contribution in [2.75, 3.05) is 18.4 Å². The summed E-state index contributed by atoms with van der Waals surface area (Å²) in [6, 6.07) is 12.5. The second-order valence-electron chi connectivity index (χ2n) is 7.88. The maximum atomic E-state index is 14.4. The second kappa shape index (κ2) is 9.38. The molecule has 8 heteroatoms. The van der Waals surface area contributed by atoms with E-state index < -0.39 is 17.8 Å². The molecule has 33 heavy (non-hydrogen) atoms. The summed E-state index contributed by atoms with van der Waals surface area (Å²) >= 11 is 0. The van der Waals surface area contributed by atoms with Gasteiger partial charge < -0.3 is 20.7 Å². The van der Waals surface area contributed by atoms with Crippen molar-refractivity contribution in [1.29, 1.82) is 0 Å². The molecule has 1 saturated heterocycles. The molecule has 6 nitrogen and oxygen atoms in total. The molecule has 3 aromatic carbocycles. The SMILES string of the molecule is Cc1ccc(Oc2ccc(F)cc2C)c(C(=O)Nc2ccc(F)c(C3NCCNC3=O)c2)c1. The number of benzene rings is 3. The van der Waals surface area contributed by atoms with Gasteiger partial charge in [0.05, 0.1) is 5.56 Å². The van der Waals surface area contributed by atoms with Gasteiger partial charge in [0.2, 0.25) is 5.91 Å². The largest absolute Gasteiger partial charge is 0.456 e. The number of carbonyl (C=O) groups excluding carboxylic acids is 2. The van der Waals surface area contributed by atoms with Crippen LogP contribution in [0, 0.1) is 25.5 Å². The Kier molecular flexibility index (Phi) is 6.37. The number of piperazine rings is 1. The van der Waals surface area contributed by atoms with Crippen LogP contribution in [0.2, 0.25) is 0 Å². The average Bonchev–Trinajstić information content (AvgIpc) is 2.78. The lowest BCUT2D eigenvalue weighted by Gasteiger charge is -2.24. The molecule has 0 aromatic heterocycles. The Bertz CT molecular complexity index is 1230. The quantitative estimate of drug-likeness (QED) is 0.538. The molecule has 1 aliphatic heterocycles. The third-order valence-electron chi connectivity index (χ3n) is 5.34. The van der Waals surface area contributed by atoms with Crippen LogP contribution in [0.3, 0.4) is 0 Å². The number of hydrogen-bond acceptors (Lipinski definition) is 4. The van der Waals surface area contributed by atoms with E-state index in [1.54, 1.807) is 25.1 Å². The van der Waals surface area contributed by atoms with Crippen molar-refractivity contribution in [2.45, 2.75) is 19.9 Å². The van der Waals surface area contributed by atoms with E-state index in [1.807, 2.05) is 6.92 Å². The molecule has 1 fully saturated rings. The second-order valence-corrected chi connectivity index (χ2v) is 7.88. The van der Waals surface area contributed by atoms with Crippen molar-refractivity contribution < 1.29 is 23.1 Å². The summed E-state index contributed by atoms with van der Waals surface area (Å²) < 4.78 is 33.8. The smallest absolute Gasteiger partial charge is 0.259 e. The third kappa shape index (κ3) is 5.01. The molecule has 1 heterocycles. The standard InChI is InChI=1S/C25H23F2N3O3/c1-14-3-7-22(33-21-8-4-16(26)12-15(21)2)19(11-14)24(31)30-17-5-6-20(27)18(13-17)23-25(32)29-10-9-28-23/h3-8,11-13,23,28H,9-10H2,1-2H3,(H,29,32)(H,30,31). The number of carbonyl (C=O) groups is 2. The minimum atomic E-state index is -0.838. The highest BCUT2D eigenvalue weighted by Gasteiger charge is 2.26. The minimum absolute atomic E-state index is 0.146. The predicted octanol–water partition coefficient (Wildman–Crippen LogP) is 4.39.